The van der Waals surface area contributed by atoms with E-state index in [-0.39, 0.29) is 6.42 Å². The summed E-state index contributed by atoms with van der Waals surface area (Å²) in [5.74, 6) is -0.816. The fourth-order valence-electron chi connectivity index (χ4n) is 2.60. The first-order chi connectivity index (χ1) is 9.60. The van der Waals surface area contributed by atoms with Crippen LogP contribution in [0.15, 0.2) is 0 Å². The summed E-state index contributed by atoms with van der Waals surface area (Å²) in [5, 5.41) is 9.96. The number of ether oxygens (including phenoxy) is 1. The van der Waals surface area contributed by atoms with Crippen molar-refractivity contribution in [2.45, 2.75) is 51.8 Å². The molecule has 0 aliphatic carbocycles. The van der Waals surface area contributed by atoms with Crippen LogP contribution in [0.3, 0.4) is 0 Å². The summed E-state index contributed by atoms with van der Waals surface area (Å²) >= 11 is 1.51. The van der Waals surface area contributed by atoms with Crippen molar-refractivity contribution in [3.63, 3.8) is 0 Å². The Kier molecular flexibility index (Phi) is 5.51. The van der Waals surface area contributed by atoms with Crippen molar-refractivity contribution < 1.29 is 14.6 Å². The van der Waals surface area contributed by atoms with E-state index in [4.69, 9.17) is 9.84 Å². The molecule has 2 rings (SSSR count). The Balaban J connectivity index is 2.08. The zero-order valence-electron chi connectivity index (χ0n) is 12.1. The van der Waals surface area contributed by atoms with Gasteiger partial charge in [-0.3, -0.25) is 9.69 Å². The van der Waals surface area contributed by atoms with Gasteiger partial charge in [-0.15, -0.1) is 11.3 Å². The quantitative estimate of drug-likeness (QED) is 0.873. The highest BCUT2D eigenvalue weighted by atomic mass is 32.1. The summed E-state index contributed by atoms with van der Waals surface area (Å²) in [6.07, 6.45) is 3.81. The van der Waals surface area contributed by atoms with Gasteiger partial charge in [0.1, 0.15) is 5.01 Å². The Hall–Kier alpha value is -0.980. The van der Waals surface area contributed by atoms with E-state index in [9.17, 15) is 4.79 Å². The largest absolute Gasteiger partial charge is 0.481 e. The number of thiazole rings is 1. The van der Waals surface area contributed by atoms with Gasteiger partial charge in [-0.05, 0) is 26.3 Å². The molecule has 20 heavy (non-hydrogen) atoms. The van der Waals surface area contributed by atoms with Crippen molar-refractivity contribution in [1.29, 1.82) is 0 Å². The molecule has 112 valence electrons. The molecule has 0 spiro atoms. The number of carbonyl (C=O) groups is 1. The van der Waals surface area contributed by atoms with Crippen LogP contribution in [0.5, 0.6) is 0 Å². The highest BCUT2D eigenvalue weighted by Gasteiger charge is 2.21. The van der Waals surface area contributed by atoms with Crippen molar-refractivity contribution in [1.82, 2.24) is 9.88 Å². The van der Waals surface area contributed by atoms with E-state index >= 15 is 0 Å². The number of carboxylic acids is 1. The van der Waals surface area contributed by atoms with E-state index in [1.54, 1.807) is 7.11 Å². The topological polar surface area (TPSA) is 62.7 Å². The monoisotopic (exact) mass is 298 g/mol. The van der Waals surface area contributed by atoms with Gasteiger partial charge in [0, 0.05) is 18.0 Å². The predicted octanol–water partition coefficient (Wildman–Crippen LogP) is 2.29. The third-order valence-electron chi connectivity index (χ3n) is 3.69. The zero-order chi connectivity index (χ0) is 14.5. The molecule has 0 amide bonds. The summed E-state index contributed by atoms with van der Waals surface area (Å²) in [4.78, 5) is 18.7. The van der Waals surface area contributed by atoms with Crippen molar-refractivity contribution in [3.05, 3.63) is 15.6 Å². The van der Waals surface area contributed by atoms with Gasteiger partial charge in [-0.1, -0.05) is 6.42 Å². The van der Waals surface area contributed by atoms with Gasteiger partial charge >= 0.3 is 5.97 Å². The van der Waals surface area contributed by atoms with Gasteiger partial charge in [-0.2, -0.15) is 0 Å². The molecular formula is C14H22N2O3S. The van der Waals surface area contributed by atoms with E-state index in [1.165, 1.54) is 30.6 Å². The van der Waals surface area contributed by atoms with Gasteiger partial charge in [0.2, 0.25) is 0 Å². The summed E-state index contributed by atoms with van der Waals surface area (Å²) in [5.41, 5.74) is 0.777. The van der Waals surface area contributed by atoms with Gasteiger partial charge in [0.25, 0.3) is 0 Å². The number of likely N-dealkylation sites (tertiary alicyclic amines) is 1. The maximum absolute atomic E-state index is 10.9. The number of nitrogens with zero attached hydrogens (tertiary/aromatic N) is 2. The lowest BCUT2D eigenvalue weighted by atomic mass is 10.0. The molecule has 1 saturated heterocycles. The second-order valence-corrected chi connectivity index (χ2v) is 6.46. The lowest BCUT2D eigenvalue weighted by Gasteiger charge is -2.32. The maximum atomic E-state index is 10.9. The normalized spacial score (nSPS) is 20.2. The Bertz CT molecular complexity index is 461. The minimum absolute atomic E-state index is 0.0336. The lowest BCUT2D eigenvalue weighted by Crippen LogP contribution is -2.36. The minimum atomic E-state index is -0.816. The highest BCUT2D eigenvalue weighted by molar-refractivity contribution is 7.11. The van der Waals surface area contributed by atoms with E-state index in [2.05, 4.69) is 16.8 Å². The molecule has 1 aliphatic heterocycles. The number of aromatic nitrogens is 1. The minimum Gasteiger partial charge on any atom is -0.481 e. The molecule has 0 aromatic carbocycles. The highest BCUT2D eigenvalue weighted by Crippen LogP contribution is 2.24. The Labute approximate surface area is 123 Å². The molecule has 1 aromatic rings. The number of methoxy groups -OCH3 is 1. The standard InChI is InChI=1S/C14H22N2O3S/c1-10-5-3-4-6-16(10)8-13-15-11(9-19-2)12(20-13)7-14(17)18/h10H,3-9H2,1-2H3,(H,17,18). The van der Waals surface area contributed by atoms with Crippen LogP contribution >= 0.6 is 11.3 Å². The number of carboxylic acid groups (broad SMARTS) is 1. The van der Waals surface area contributed by atoms with Gasteiger partial charge in [0.05, 0.1) is 25.3 Å². The van der Waals surface area contributed by atoms with Crippen LogP contribution < -0.4 is 0 Å². The first-order valence-corrected chi connectivity index (χ1v) is 7.84. The van der Waals surface area contributed by atoms with E-state index < -0.39 is 5.97 Å². The number of hydrogen-bond donors (Lipinski definition) is 1. The lowest BCUT2D eigenvalue weighted by molar-refractivity contribution is -0.136. The Morgan fingerprint density at radius 3 is 3.00 bits per heavy atom. The number of piperidine rings is 1. The number of aliphatic carboxylic acids is 1. The van der Waals surface area contributed by atoms with Crippen LogP contribution in [0.1, 0.15) is 41.8 Å². The predicted molar refractivity (Wildman–Crippen MR) is 77.9 cm³/mol. The van der Waals surface area contributed by atoms with Crippen molar-refractivity contribution in [3.8, 4) is 0 Å². The van der Waals surface area contributed by atoms with Gasteiger partial charge in [-0.25, -0.2) is 4.98 Å². The molecule has 6 heteroatoms. The summed E-state index contributed by atoms with van der Waals surface area (Å²) in [6, 6.07) is 0.585. The summed E-state index contributed by atoms with van der Waals surface area (Å²) in [7, 11) is 1.61. The SMILES string of the molecule is COCc1nc(CN2CCCCC2C)sc1CC(=O)O. The van der Waals surface area contributed by atoms with Crippen molar-refractivity contribution in [2.24, 2.45) is 0 Å². The Morgan fingerprint density at radius 2 is 2.35 bits per heavy atom. The second-order valence-electron chi connectivity index (χ2n) is 5.30. The maximum Gasteiger partial charge on any atom is 0.308 e. The number of hydrogen-bond acceptors (Lipinski definition) is 5. The van der Waals surface area contributed by atoms with E-state index in [0.29, 0.717) is 12.6 Å². The molecule has 0 radical (unpaired) electrons. The van der Waals surface area contributed by atoms with Gasteiger partial charge < -0.3 is 9.84 Å². The molecule has 1 unspecified atom stereocenters. The molecule has 1 atom stereocenters. The first-order valence-electron chi connectivity index (χ1n) is 7.02. The molecule has 0 saturated carbocycles. The molecule has 1 N–H and O–H groups in total. The molecule has 1 aromatic heterocycles. The summed E-state index contributed by atoms with van der Waals surface area (Å²) < 4.78 is 5.11. The average molecular weight is 298 g/mol. The van der Waals surface area contributed by atoms with E-state index in [0.717, 1.165) is 28.7 Å². The molecule has 2 heterocycles. The van der Waals surface area contributed by atoms with Crippen molar-refractivity contribution in [2.75, 3.05) is 13.7 Å². The molecular weight excluding hydrogens is 276 g/mol. The van der Waals surface area contributed by atoms with Crippen LogP contribution in [0.4, 0.5) is 0 Å². The number of rotatable bonds is 6. The first kappa shape index (κ1) is 15.4. The fraction of sp³-hybridized carbons (Fsp3) is 0.714. The van der Waals surface area contributed by atoms with Gasteiger partial charge in [0.15, 0.2) is 0 Å². The van der Waals surface area contributed by atoms with Crippen LogP contribution in [-0.2, 0) is 29.1 Å². The molecule has 0 bridgehead atoms. The molecule has 1 aliphatic rings. The molecule has 1 fully saturated rings. The van der Waals surface area contributed by atoms with E-state index in [1.807, 2.05) is 0 Å². The molecule has 5 nitrogen and oxygen atoms in total. The van der Waals surface area contributed by atoms with Crippen LogP contribution in [0.25, 0.3) is 0 Å². The third kappa shape index (κ3) is 4.01. The third-order valence-corrected chi connectivity index (χ3v) is 4.78. The fourth-order valence-corrected chi connectivity index (χ4v) is 3.68. The van der Waals surface area contributed by atoms with Crippen LogP contribution in [0.2, 0.25) is 0 Å². The van der Waals surface area contributed by atoms with Crippen LogP contribution in [0, 0.1) is 0 Å². The van der Waals surface area contributed by atoms with Crippen LogP contribution in [-0.4, -0.2) is 40.7 Å². The Morgan fingerprint density at radius 1 is 1.55 bits per heavy atom. The zero-order valence-corrected chi connectivity index (χ0v) is 12.9. The average Bonchev–Trinajstić information content (AvgIpc) is 2.74. The summed E-state index contributed by atoms with van der Waals surface area (Å²) in [6.45, 7) is 4.56. The second kappa shape index (κ2) is 7.15. The smallest absolute Gasteiger partial charge is 0.308 e. The van der Waals surface area contributed by atoms with Crippen molar-refractivity contribution >= 4 is 17.3 Å².